The zero-order valence-electron chi connectivity index (χ0n) is 12.7. The molecule has 0 spiro atoms. The molecule has 1 aromatic rings. The number of rotatable bonds is 11. The lowest BCUT2D eigenvalue weighted by atomic mass is 10.2. The lowest BCUT2D eigenvalue weighted by Crippen LogP contribution is -2.31. The Hall–Kier alpha value is -1.10. The number of halogens is 1. The van der Waals surface area contributed by atoms with Gasteiger partial charge in [0.05, 0.1) is 26.4 Å². The van der Waals surface area contributed by atoms with Crippen LogP contribution in [0.15, 0.2) is 29.3 Å². The Kier molecular flexibility index (Phi) is 10.7. The summed E-state index contributed by atoms with van der Waals surface area (Å²) >= 11 is 6.89. The first-order chi connectivity index (χ1) is 11.1. The summed E-state index contributed by atoms with van der Waals surface area (Å²) < 4.78 is 10.4. The SMILES string of the molecule is C=NCc1ccc(NC(=S)NCCOCCOCC(=O)I)cc1. The molecule has 0 aliphatic carbocycles. The fraction of sp³-hybridized carbons (Fsp3) is 0.400. The summed E-state index contributed by atoms with van der Waals surface area (Å²) in [6.07, 6.45) is 0. The van der Waals surface area contributed by atoms with E-state index >= 15 is 0 Å². The van der Waals surface area contributed by atoms with Gasteiger partial charge in [0.2, 0.25) is 3.79 Å². The fourth-order valence-electron chi connectivity index (χ4n) is 1.61. The number of carbonyl (C=O) groups excluding carboxylic acids is 1. The van der Waals surface area contributed by atoms with Gasteiger partial charge < -0.3 is 20.1 Å². The molecule has 0 aliphatic rings. The molecule has 23 heavy (non-hydrogen) atoms. The van der Waals surface area contributed by atoms with Crippen LogP contribution in [0.3, 0.4) is 0 Å². The number of thiocarbonyl (C=S) groups is 1. The van der Waals surface area contributed by atoms with E-state index in [9.17, 15) is 4.79 Å². The van der Waals surface area contributed by atoms with Crippen molar-refractivity contribution in [1.29, 1.82) is 0 Å². The van der Waals surface area contributed by atoms with Gasteiger partial charge in [-0.15, -0.1) is 0 Å². The van der Waals surface area contributed by atoms with E-state index in [1.165, 1.54) is 0 Å². The van der Waals surface area contributed by atoms with E-state index in [0.717, 1.165) is 11.3 Å². The van der Waals surface area contributed by atoms with E-state index in [0.29, 0.717) is 38.0 Å². The maximum atomic E-state index is 10.6. The quantitative estimate of drug-likeness (QED) is 0.178. The van der Waals surface area contributed by atoms with Crippen molar-refractivity contribution in [2.45, 2.75) is 6.54 Å². The molecule has 0 saturated heterocycles. The molecule has 0 aromatic heterocycles. The number of nitrogens with zero attached hydrogens (tertiary/aromatic N) is 1. The zero-order chi connectivity index (χ0) is 16.9. The molecule has 6 nitrogen and oxygen atoms in total. The van der Waals surface area contributed by atoms with Gasteiger partial charge in [-0.1, -0.05) is 12.1 Å². The first-order valence-corrected chi connectivity index (χ1v) is 8.50. The fourth-order valence-corrected chi connectivity index (χ4v) is 2.05. The monoisotopic (exact) mass is 449 g/mol. The van der Waals surface area contributed by atoms with Crippen molar-refractivity contribution in [3.05, 3.63) is 29.8 Å². The van der Waals surface area contributed by atoms with E-state index < -0.39 is 0 Å². The van der Waals surface area contributed by atoms with Crippen LogP contribution in [0.5, 0.6) is 0 Å². The minimum atomic E-state index is -0.0190. The van der Waals surface area contributed by atoms with Crippen molar-refractivity contribution in [2.75, 3.05) is 38.3 Å². The number of benzene rings is 1. The van der Waals surface area contributed by atoms with Crippen LogP contribution >= 0.6 is 34.8 Å². The second-order valence-electron chi connectivity index (χ2n) is 4.48. The Bertz CT molecular complexity index is 511. The summed E-state index contributed by atoms with van der Waals surface area (Å²) in [4.78, 5) is 14.5. The predicted molar refractivity (Wildman–Crippen MR) is 105 cm³/mol. The largest absolute Gasteiger partial charge is 0.377 e. The zero-order valence-corrected chi connectivity index (χ0v) is 15.7. The van der Waals surface area contributed by atoms with Gasteiger partial charge in [-0.25, -0.2) is 0 Å². The Labute approximate surface area is 155 Å². The summed E-state index contributed by atoms with van der Waals surface area (Å²) in [7, 11) is 0. The maximum absolute atomic E-state index is 10.6. The van der Waals surface area contributed by atoms with Gasteiger partial charge in [0.1, 0.15) is 6.61 Å². The van der Waals surface area contributed by atoms with Crippen LogP contribution in [0.4, 0.5) is 5.69 Å². The Morgan fingerprint density at radius 2 is 1.91 bits per heavy atom. The summed E-state index contributed by atoms with van der Waals surface area (Å²) in [6.45, 7) is 6.15. The summed E-state index contributed by atoms with van der Waals surface area (Å²) in [6, 6.07) is 7.83. The van der Waals surface area contributed by atoms with Crippen LogP contribution < -0.4 is 10.6 Å². The van der Waals surface area contributed by atoms with E-state index in [1.54, 1.807) is 22.6 Å². The van der Waals surface area contributed by atoms with Gasteiger partial charge in [-0.2, -0.15) is 0 Å². The van der Waals surface area contributed by atoms with Gasteiger partial charge in [-0.05, 0) is 36.6 Å². The summed E-state index contributed by atoms with van der Waals surface area (Å²) in [5, 5.41) is 6.68. The highest BCUT2D eigenvalue weighted by Gasteiger charge is 1.98. The first kappa shape index (κ1) is 19.9. The number of hydrogen-bond acceptors (Lipinski definition) is 5. The Balaban J connectivity index is 2.08. The average molecular weight is 449 g/mol. The van der Waals surface area contributed by atoms with Gasteiger partial charge in [0, 0.05) is 34.8 Å². The van der Waals surface area contributed by atoms with Crippen molar-refractivity contribution >= 4 is 56.1 Å². The van der Waals surface area contributed by atoms with Crippen LogP contribution in [0.1, 0.15) is 5.56 Å². The molecule has 1 rings (SSSR count). The third kappa shape index (κ3) is 10.3. The molecule has 1 aromatic carbocycles. The Morgan fingerprint density at radius 1 is 1.22 bits per heavy atom. The minimum Gasteiger partial charge on any atom is -0.377 e. The van der Waals surface area contributed by atoms with Crippen molar-refractivity contribution in [1.82, 2.24) is 5.32 Å². The number of carbonyl (C=O) groups is 1. The molecule has 0 heterocycles. The van der Waals surface area contributed by atoms with Crippen molar-refractivity contribution in [3.63, 3.8) is 0 Å². The standard InChI is InChI=1S/C15H20IN3O3S/c1-17-10-12-2-4-13(5-3-12)19-15(23)18-6-7-21-8-9-22-11-14(16)20/h2-5H,1,6-11H2,(H2,18,19,23). The van der Waals surface area contributed by atoms with Crippen LogP contribution in [-0.2, 0) is 20.8 Å². The molecule has 0 unspecified atom stereocenters. The molecule has 126 valence electrons. The third-order valence-corrected chi connectivity index (χ3v) is 3.18. The van der Waals surface area contributed by atoms with E-state index in [1.807, 2.05) is 24.3 Å². The van der Waals surface area contributed by atoms with Crippen molar-refractivity contribution in [3.8, 4) is 0 Å². The second-order valence-corrected chi connectivity index (χ2v) is 6.09. The number of aliphatic imine (C=N–C) groups is 1. The molecule has 0 bridgehead atoms. The topological polar surface area (TPSA) is 72.0 Å². The van der Waals surface area contributed by atoms with Gasteiger partial charge in [0.25, 0.3) is 0 Å². The van der Waals surface area contributed by atoms with E-state index in [-0.39, 0.29) is 10.4 Å². The van der Waals surface area contributed by atoms with Crippen LogP contribution in [0.25, 0.3) is 0 Å². The maximum Gasteiger partial charge on any atom is 0.217 e. The van der Waals surface area contributed by atoms with Crippen molar-refractivity contribution in [2.24, 2.45) is 4.99 Å². The van der Waals surface area contributed by atoms with Crippen LogP contribution in [0, 0.1) is 0 Å². The van der Waals surface area contributed by atoms with Crippen molar-refractivity contribution < 1.29 is 14.3 Å². The van der Waals surface area contributed by atoms with Gasteiger partial charge in [-0.3, -0.25) is 9.79 Å². The number of hydrogen-bond donors (Lipinski definition) is 2. The highest BCUT2D eigenvalue weighted by molar-refractivity contribution is 14.1. The molecule has 2 N–H and O–H groups in total. The first-order valence-electron chi connectivity index (χ1n) is 7.02. The Morgan fingerprint density at radius 3 is 2.57 bits per heavy atom. The molecule has 8 heteroatoms. The van der Waals surface area contributed by atoms with Gasteiger partial charge in [0.15, 0.2) is 5.11 Å². The molecule has 0 radical (unpaired) electrons. The third-order valence-electron chi connectivity index (χ3n) is 2.63. The lowest BCUT2D eigenvalue weighted by Gasteiger charge is -2.11. The average Bonchev–Trinajstić information content (AvgIpc) is 2.52. The molecule has 0 saturated carbocycles. The van der Waals surface area contributed by atoms with E-state index in [2.05, 4.69) is 22.3 Å². The summed E-state index contributed by atoms with van der Waals surface area (Å²) in [5.41, 5.74) is 2.01. The molecular formula is C15H20IN3O3S. The number of anilines is 1. The number of nitrogens with one attached hydrogen (secondary N) is 2. The summed E-state index contributed by atoms with van der Waals surface area (Å²) in [5.74, 6) is 0. The predicted octanol–water partition coefficient (Wildman–Crippen LogP) is 2.17. The number of ether oxygens (including phenoxy) is 2. The molecular weight excluding hydrogens is 429 g/mol. The van der Waals surface area contributed by atoms with Gasteiger partial charge >= 0.3 is 0 Å². The molecule has 0 aliphatic heterocycles. The molecule has 0 fully saturated rings. The minimum absolute atomic E-state index is 0.0190. The molecule has 0 amide bonds. The highest BCUT2D eigenvalue weighted by atomic mass is 127. The second kappa shape index (κ2) is 12.3. The van der Waals surface area contributed by atoms with Crippen LogP contribution in [-0.4, -0.2) is 48.6 Å². The smallest absolute Gasteiger partial charge is 0.217 e. The van der Waals surface area contributed by atoms with E-state index in [4.69, 9.17) is 21.7 Å². The lowest BCUT2D eigenvalue weighted by molar-refractivity contribution is -0.114. The van der Waals surface area contributed by atoms with Crippen LogP contribution in [0.2, 0.25) is 0 Å². The molecule has 0 atom stereocenters. The normalized spacial score (nSPS) is 10.1. The highest BCUT2D eigenvalue weighted by Crippen LogP contribution is 2.10.